The Balaban J connectivity index is 0.963. The lowest BCUT2D eigenvalue weighted by atomic mass is 9.79. The van der Waals surface area contributed by atoms with Crippen LogP contribution in [0.2, 0.25) is 0 Å². The summed E-state index contributed by atoms with van der Waals surface area (Å²) >= 11 is 2.99. The minimum Gasteiger partial charge on any atom is -0.356 e. The van der Waals surface area contributed by atoms with Crippen molar-refractivity contribution in [3.8, 4) is 0 Å². The number of unbranched alkanes of at least 4 members (excludes halogenated alkanes) is 1. The smallest absolute Gasteiger partial charge is 0.220 e. The summed E-state index contributed by atoms with van der Waals surface area (Å²) in [7, 11) is 2.20. The van der Waals surface area contributed by atoms with E-state index >= 15 is 0 Å². The molecule has 0 radical (unpaired) electrons. The number of hydrogen-bond acceptors (Lipinski definition) is 6. The molecule has 2 aliphatic rings. The van der Waals surface area contributed by atoms with Crippen LogP contribution in [-0.4, -0.2) is 50.8 Å². The second-order valence-electron chi connectivity index (χ2n) is 16.1. The molecule has 1 N–H and O–H groups in total. The van der Waals surface area contributed by atoms with E-state index in [4.69, 9.17) is 0 Å². The van der Waals surface area contributed by atoms with Gasteiger partial charge in [-0.1, -0.05) is 74.5 Å². The van der Waals surface area contributed by atoms with Gasteiger partial charge in [-0.25, -0.2) is 0 Å². The topological polar surface area (TPSA) is 61.1 Å². The minimum absolute atomic E-state index is 0.107. The average molecular weight is 765 g/mol. The van der Waals surface area contributed by atoms with Crippen LogP contribution in [0.25, 0.3) is 32.6 Å². The molecule has 55 heavy (non-hydrogen) atoms. The van der Waals surface area contributed by atoms with Crippen molar-refractivity contribution >= 4 is 79.1 Å². The van der Waals surface area contributed by atoms with E-state index in [1.54, 1.807) is 11.8 Å². The molecule has 1 amide bonds. The number of anilines is 1. The lowest BCUT2D eigenvalue weighted by molar-refractivity contribution is -0.401. The van der Waals surface area contributed by atoms with Crippen LogP contribution in [0.3, 0.4) is 0 Å². The third kappa shape index (κ3) is 6.57. The van der Waals surface area contributed by atoms with Crippen molar-refractivity contribution < 1.29 is 9.37 Å². The van der Waals surface area contributed by atoms with Crippen LogP contribution in [0.5, 0.6) is 0 Å². The number of rotatable bonds is 11. The van der Waals surface area contributed by atoms with Gasteiger partial charge in [-0.05, 0) is 103 Å². The molecule has 0 saturated carbocycles. The summed E-state index contributed by atoms with van der Waals surface area (Å²) in [5, 5.41) is 8.38. The Morgan fingerprint density at radius 1 is 0.873 bits per heavy atom. The first-order valence-electron chi connectivity index (χ1n) is 19.4. The van der Waals surface area contributed by atoms with E-state index < -0.39 is 0 Å². The molecule has 0 unspecified atom stereocenters. The fourth-order valence-electron chi connectivity index (χ4n) is 9.00. The molecule has 0 fully saturated rings. The number of thioether (sulfide) groups is 1. The molecule has 8 heteroatoms. The summed E-state index contributed by atoms with van der Waals surface area (Å²) in [4.78, 5) is 16.6. The molecular formula is C47H50N5OS2+. The highest BCUT2D eigenvalue weighted by atomic mass is 32.2. The van der Waals surface area contributed by atoms with Gasteiger partial charge in [0, 0.05) is 64.7 Å². The van der Waals surface area contributed by atoms with Gasteiger partial charge in [0.1, 0.15) is 18.1 Å². The molecule has 0 aliphatic carbocycles. The number of hydrogen-bond donors (Lipinski definition) is 1. The maximum Gasteiger partial charge on any atom is 0.220 e. The summed E-state index contributed by atoms with van der Waals surface area (Å²) in [6.07, 6.45) is 9.31. The first kappa shape index (κ1) is 37.1. The zero-order valence-electron chi connectivity index (χ0n) is 33.0. The van der Waals surface area contributed by atoms with Crippen LogP contribution >= 0.6 is 23.5 Å². The first-order valence-corrected chi connectivity index (χ1v) is 21.1. The van der Waals surface area contributed by atoms with Crippen LogP contribution < -0.4 is 10.2 Å². The number of carbonyl (C=O) groups excluding carboxylic acids is 1. The summed E-state index contributed by atoms with van der Waals surface area (Å²) in [5.74, 6) is 0.842. The van der Waals surface area contributed by atoms with Gasteiger partial charge in [0.2, 0.25) is 11.6 Å². The molecule has 5 aromatic carbocycles. The lowest BCUT2D eigenvalue weighted by Crippen LogP contribution is -2.29. The molecular weight excluding hydrogens is 715 g/mol. The molecule has 0 atom stereocenters. The number of allylic oxidation sites excluding steroid dienone is 4. The molecule has 6 aromatic rings. The molecule has 2 aliphatic heterocycles. The molecule has 6 nitrogen and oxygen atoms in total. The number of nitrogens with one attached hydrogen (secondary N) is 1. The fourth-order valence-corrected chi connectivity index (χ4v) is 10.7. The predicted octanol–water partition coefficient (Wildman–Crippen LogP) is 10.9. The van der Waals surface area contributed by atoms with Crippen LogP contribution in [0.1, 0.15) is 69.2 Å². The highest BCUT2D eigenvalue weighted by molar-refractivity contribution is 7.99. The maximum absolute atomic E-state index is 12.9. The normalized spacial score (nSPS) is 16.6. The molecule has 0 saturated heterocycles. The minimum atomic E-state index is -0.190. The standard InChI is InChI=1S/C47H49N5OS2/c1-30-29-38(31(2)45-44(30)49-55-50-45)54-28-25-41(53)48-26-12-13-27-52-37-24-22-33-16-9-11-18-35(33)43(37)47(5,6)40(52)20-14-19-39-46(3,4)42-34-17-10-8-15-32(34)21-23-36(42)51(39)7/h8-11,14-24,29H,12-13,25-28H2,1-7H3/p+1. The van der Waals surface area contributed by atoms with E-state index in [2.05, 4.69) is 169 Å². The van der Waals surface area contributed by atoms with E-state index in [-0.39, 0.29) is 16.7 Å². The van der Waals surface area contributed by atoms with Crippen molar-refractivity contribution in [3.05, 3.63) is 125 Å². The number of aromatic nitrogens is 2. The zero-order valence-corrected chi connectivity index (χ0v) is 34.6. The second-order valence-corrected chi connectivity index (χ2v) is 17.7. The quantitative estimate of drug-likeness (QED) is 0.0809. The van der Waals surface area contributed by atoms with Crippen LogP contribution in [0, 0.1) is 13.8 Å². The molecule has 0 spiro atoms. The second kappa shape index (κ2) is 14.7. The van der Waals surface area contributed by atoms with Gasteiger partial charge in [-0.15, -0.1) is 11.8 Å². The van der Waals surface area contributed by atoms with E-state index in [0.29, 0.717) is 13.0 Å². The van der Waals surface area contributed by atoms with Crippen LogP contribution in [0.4, 0.5) is 11.4 Å². The highest BCUT2D eigenvalue weighted by Gasteiger charge is 2.44. The molecule has 8 rings (SSSR count). The van der Waals surface area contributed by atoms with Crippen molar-refractivity contribution in [2.24, 2.45) is 0 Å². The fraction of sp³-hybridized carbons (Fsp3) is 0.319. The number of nitrogens with zero attached hydrogens (tertiary/aromatic N) is 4. The Bertz CT molecular complexity index is 2580. The van der Waals surface area contributed by atoms with Gasteiger partial charge >= 0.3 is 0 Å². The van der Waals surface area contributed by atoms with Crippen LogP contribution in [-0.2, 0) is 15.6 Å². The number of fused-ring (bicyclic) bond motifs is 7. The van der Waals surface area contributed by atoms with E-state index in [1.165, 1.54) is 72.1 Å². The Kier molecular flexibility index (Phi) is 9.93. The van der Waals surface area contributed by atoms with Crippen molar-refractivity contribution in [3.63, 3.8) is 0 Å². The van der Waals surface area contributed by atoms with Crippen molar-refractivity contribution in [2.75, 3.05) is 30.8 Å². The first-order chi connectivity index (χ1) is 26.5. The summed E-state index contributed by atoms with van der Waals surface area (Å²) in [5.41, 5.74) is 11.8. The number of amides is 1. The maximum atomic E-state index is 12.9. The van der Waals surface area contributed by atoms with Crippen molar-refractivity contribution in [1.82, 2.24) is 14.1 Å². The van der Waals surface area contributed by atoms with Crippen molar-refractivity contribution in [1.29, 1.82) is 0 Å². The Hall–Kier alpha value is -4.79. The predicted molar refractivity (Wildman–Crippen MR) is 234 cm³/mol. The largest absolute Gasteiger partial charge is 0.356 e. The van der Waals surface area contributed by atoms with Gasteiger partial charge < -0.3 is 10.2 Å². The average Bonchev–Trinajstić information content (AvgIpc) is 3.81. The molecule has 280 valence electrons. The van der Waals surface area contributed by atoms with Gasteiger partial charge in [0.05, 0.1) is 17.1 Å². The van der Waals surface area contributed by atoms with E-state index in [9.17, 15) is 4.79 Å². The van der Waals surface area contributed by atoms with Crippen LogP contribution in [0.15, 0.2) is 108 Å². The van der Waals surface area contributed by atoms with E-state index in [0.717, 1.165) is 47.3 Å². The highest BCUT2D eigenvalue weighted by Crippen LogP contribution is 2.51. The van der Waals surface area contributed by atoms with Gasteiger partial charge in [0.25, 0.3) is 0 Å². The number of carbonyl (C=O) groups is 1. The molecule has 3 heterocycles. The van der Waals surface area contributed by atoms with E-state index in [1.807, 2.05) is 0 Å². The summed E-state index contributed by atoms with van der Waals surface area (Å²) < 4.78 is 11.3. The summed E-state index contributed by atoms with van der Waals surface area (Å²) in [6.45, 7) is 15.2. The monoisotopic (exact) mass is 764 g/mol. The molecule has 1 aromatic heterocycles. The Morgan fingerprint density at radius 3 is 2.33 bits per heavy atom. The Labute approximate surface area is 333 Å². The van der Waals surface area contributed by atoms with Gasteiger partial charge in [-0.3, -0.25) is 4.79 Å². The molecule has 0 bridgehead atoms. The third-order valence-corrected chi connectivity index (χ3v) is 13.5. The summed E-state index contributed by atoms with van der Waals surface area (Å²) in [6, 6.07) is 28.8. The van der Waals surface area contributed by atoms with Gasteiger partial charge in [-0.2, -0.15) is 13.3 Å². The Morgan fingerprint density at radius 2 is 1.56 bits per heavy atom. The zero-order chi connectivity index (χ0) is 38.5. The van der Waals surface area contributed by atoms with Gasteiger partial charge in [0.15, 0.2) is 5.71 Å². The van der Waals surface area contributed by atoms with Crippen molar-refractivity contribution in [2.45, 2.75) is 76.5 Å². The third-order valence-electron chi connectivity index (χ3n) is 11.8. The SMILES string of the molecule is Cc1cc(SCCC(=O)NCCCCN2/C(=C/C=C/C3=[N+](C)c4ccc5ccccc5c4C3(C)C)C(C)(C)c3c2ccc2ccccc32)c(C)c2nsnc12. The lowest BCUT2D eigenvalue weighted by Gasteiger charge is -2.27. The number of aryl methyl sites for hydroxylation is 2. The number of benzene rings is 5.